The zero-order valence-corrected chi connectivity index (χ0v) is 11.5. The highest BCUT2D eigenvalue weighted by Crippen LogP contribution is 2.29. The smallest absolute Gasteiger partial charge is 0.144 e. The van der Waals surface area contributed by atoms with Crippen molar-refractivity contribution in [2.75, 3.05) is 17.7 Å². The van der Waals surface area contributed by atoms with Gasteiger partial charge in [-0.3, -0.25) is 0 Å². The van der Waals surface area contributed by atoms with Crippen molar-refractivity contribution in [3.8, 4) is 5.75 Å². The molecule has 0 radical (unpaired) electrons. The quantitative estimate of drug-likeness (QED) is 0.787. The molecule has 0 saturated carbocycles. The van der Waals surface area contributed by atoms with E-state index in [1.165, 1.54) is 6.07 Å². The molecule has 0 aliphatic carbocycles. The molecule has 0 bridgehead atoms. The molecule has 2 rings (SSSR count). The van der Waals surface area contributed by atoms with Crippen molar-refractivity contribution >= 4 is 11.4 Å². The minimum absolute atomic E-state index is 0.225. The summed E-state index contributed by atoms with van der Waals surface area (Å²) >= 11 is 0. The zero-order chi connectivity index (χ0) is 14.4. The fraction of sp³-hybridized carbons (Fsp3) is 0.250. The van der Waals surface area contributed by atoms with Gasteiger partial charge in [0.05, 0.1) is 18.0 Å². The molecule has 0 atom stereocenters. The molecule has 2 aromatic rings. The van der Waals surface area contributed by atoms with Gasteiger partial charge in [-0.2, -0.15) is 0 Å². The van der Waals surface area contributed by atoms with Crippen LogP contribution in [-0.2, 0) is 6.54 Å². The maximum Gasteiger partial charge on any atom is 0.144 e. The Morgan fingerprint density at radius 1 is 1.15 bits per heavy atom. The molecule has 20 heavy (non-hydrogen) atoms. The van der Waals surface area contributed by atoms with Crippen molar-refractivity contribution in [3.05, 3.63) is 53.8 Å². The van der Waals surface area contributed by atoms with E-state index in [2.05, 4.69) is 5.32 Å². The van der Waals surface area contributed by atoms with Crippen molar-refractivity contribution in [3.63, 3.8) is 0 Å². The Morgan fingerprint density at radius 2 is 1.95 bits per heavy atom. The molecule has 0 fully saturated rings. The summed E-state index contributed by atoms with van der Waals surface area (Å²) < 4.78 is 19.1. The Morgan fingerprint density at radius 3 is 2.70 bits per heavy atom. The molecule has 3 N–H and O–H groups in total. The minimum atomic E-state index is -0.225. The van der Waals surface area contributed by atoms with Crippen molar-refractivity contribution in [2.45, 2.75) is 19.9 Å². The molecule has 0 amide bonds. The third-order valence-corrected chi connectivity index (χ3v) is 2.95. The maximum absolute atomic E-state index is 13.5. The van der Waals surface area contributed by atoms with Gasteiger partial charge in [-0.25, -0.2) is 4.39 Å². The summed E-state index contributed by atoms with van der Waals surface area (Å²) in [4.78, 5) is 0. The number of anilines is 2. The summed E-state index contributed by atoms with van der Waals surface area (Å²) in [6, 6.07) is 12.2. The highest BCUT2D eigenvalue weighted by molar-refractivity contribution is 5.72. The van der Waals surface area contributed by atoms with E-state index in [0.717, 1.165) is 12.1 Å². The maximum atomic E-state index is 13.5. The second-order valence-electron chi connectivity index (χ2n) is 4.51. The van der Waals surface area contributed by atoms with Crippen molar-refractivity contribution in [2.24, 2.45) is 0 Å². The van der Waals surface area contributed by atoms with Gasteiger partial charge in [0.25, 0.3) is 0 Å². The standard InChI is InChI=1S/C16H19FN2O/c1-2-10-20-15-9-5-8-14(16(15)18)19-11-12-6-3-4-7-13(12)17/h3-9,19H,2,10-11,18H2,1H3. The van der Waals surface area contributed by atoms with Crippen molar-refractivity contribution in [1.29, 1.82) is 0 Å². The Kier molecular flexibility index (Phi) is 4.82. The largest absolute Gasteiger partial charge is 0.491 e. The summed E-state index contributed by atoms with van der Waals surface area (Å²) in [6.45, 7) is 3.05. The zero-order valence-electron chi connectivity index (χ0n) is 11.5. The number of halogens is 1. The predicted octanol–water partition coefficient (Wildman–Crippen LogP) is 3.81. The summed E-state index contributed by atoms with van der Waals surface area (Å²) in [5.41, 5.74) is 7.95. The van der Waals surface area contributed by atoms with E-state index in [1.807, 2.05) is 31.2 Å². The molecule has 4 heteroatoms. The molecule has 0 heterocycles. The van der Waals surface area contributed by atoms with E-state index >= 15 is 0 Å². The molecule has 3 nitrogen and oxygen atoms in total. The van der Waals surface area contributed by atoms with Gasteiger partial charge < -0.3 is 15.8 Å². The molecule has 0 aliphatic rings. The molecule has 0 unspecified atom stereocenters. The highest BCUT2D eigenvalue weighted by Gasteiger charge is 2.06. The molecular formula is C16H19FN2O. The lowest BCUT2D eigenvalue weighted by molar-refractivity contribution is 0.319. The highest BCUT2D eigenvalue weighted by atomic mass is 19.1. The van der Waals surface area contributed by atoms with Crippen LogP contribution in [0.1, 0.15) is 18.9 Å². The van der Waals surface area contributed by atoms with E-state index in [0.29, 0.717) is 30.2 Å². The van der Waals surface area contributed by atoms with Gasteiger partial charge >= 0.3 is 0 Å². The second-order valence-corrected chi connectivity index (χ2v) is 4.51. The summed E-state index contributed by atoms with van der Waals surface area (Å²) in [5, 5.41) is 3.14. The van der Waals surface area contributed by atoms with Crippen LogP contribution in [0.15, 0.2) is 42.5 Å². The van der Waals surface area contributed by atoms with Gasteiger partial charge in [0.2, 0.25) is 0 Å². The molecule has 0 aromatic heterocycles. The molecule has 106 valence electrons. The third-order valence-electron chi connectivity index (χ3n) is 2.95. The summed E-state index contributed by atoms with van der Waals surface area (Å²) in [6.07, 6.45) is 0.923. The lowest BCUT2D eigenvalue weighted by Crippen LogP contribution is -2.06. The topological polar surface area (TPSA) is 47.3 Å². The number of nitrogen functional groups attached to an aromatic ring is 1. The van der Waals surface area contributed by atoms with Crippen LogP contribution < -0.4 is 15.8 Å². The van der Waals surface area contributed by atoms with Gasteiger partial charge in [-0.05, 0) is 24.6 Å². The molecule has 0 saturated heterocycles. The first kappa shape index (κ1) is 14.2. The van der Waals surface area contributed by atoms with Crippen molar-refractivity contribution < 1.29 is 9.13 Å². The van der Waals surface area contributed by atoms with Gasteiger partial charge in [0.15, 0.2) is 0 Å². The van der Waals surface area contributed by atoms with Gasteiger partial charge in [-0.15, -0.1) is 0 Å². The number of hydrogen-bond acceptors (Lipinski definition) is 3. The Labute approximate surface area is 118 Å². The van der Waals surface area contributed by atoms with E-state index in [4.69, 9.17) is 10.5 Å². The molecule has 0 spiro atoms. The van der Waals surface area contributed by atoms with Crippen LogP contribution in [0.2, 0.25) is 0 Å². The van der Waals surface area contributed by atoms with Gasteiger partial charge in [-0.1, -0.05) is 31.2 Å². The Balaban J connectivity index is 2.08. The Hall–Kier alpha value is -2.23. The molecular weight excluding hydrogens is 255 g/mol. The first-order valence-corrected chi connectivity index (χ1v) is 6.71. The fourth-order valence-electron chi connectivity index (χ4n) is 1.87. The number of nitrogens with one attached hydrogen (secondary N) is 1. The third kappa shape index (κ3) is 3.41. The Bertz CT molecular complexity index is 572. The number of ether oxygens (including phenoxy) is 1. The van der Waals surface area contributed by atoms with Gasteiger partial charge in [0.1, 0.15) is 11.6 Å². The minimum Gasteiger partial charge on any atom is -0.491 e. The molecule has 2 aromatic carbocycles. The van der Waals surface area contributed by atoms with Crippen LogP contribution >= 0.6 is 0 Å². The van der Waals surface area contributed by atoms with E-state index in [-0.39, 0.29) is 5.82 Å². The van der Waals surface area contributed by atoms with Crippen LogP contribution in [0.25, 0.3) is 0 Å². The van der Waals surface area contributed by atoms with Gasteiger partial charge in [0, 0.05) is 12.1 Å². The predicted molar refractivity (Wildman–Crippen MR) is 80.4 cm³/mol. The first-order chi connectivity index (χ1) is 9.72. The molecule has 0 aliphatic heterocycles. The first-order valence-electron chi connectivity index (χ1n) is 6.71. The van der Waals surface area contributed by atoms with Crippen LogP contribution in [0.3, 0.4) is 0 Å². The summed E-state index contributed by atoms with van der Waals surface area (Å²) in [7, 11) is 0. The van der Waals surface area contributed by atoms with E-state index in [1.54, 1.807) is 12.1 Å². The summed E-state index contributed by atoms with van der Waals surface area (Å²) in [5.74, 6) is 0.433. The van der Waals surface area contributed by atoms with Crippen molar-refractivity contribution in [1.82, 2.24) is 0 Å². The lowest BCUT2D eigenvalue weighted by Gasteiger charge is -2.13. The van der Waals surface area contributed by atoms with Crippen LogP contribution in [-0.4, -0.2) is 6.61 Å². The fourth-order valence-corrected chi connectivity index (χ4v) is 1.87. The number of rotatable bonds is 6. The number of benzene rings is 2. The normalized spacial score (nSPS) is 10.3. The average Bonchev–Trinajstić information content (AvgIpc) is 2.46. The SMILES string of the molecule is CCCOc1cccc(NCc2ccccc2F)c1N. The number of nitrogens with two attached hydrogens (primary N) is 1. The van der Waals surface area contributed by atoms with Crippen LogP contribution in [0, 0.1) is 5.82 Å². The average molecular weight is 274 g/mol. The van der Waals surface area contributed by atoms with E-state index in [9.17, 15) is 4.39 Å². The second kappa shape index (κ2) is 6.80. The van der Waals surface area contributed by atoms with Crippen LogP contribution in [0.4, 0.5) is 15.8 Å². The number of para-hydroxylation sites is 1. The van der Waals surface area contributed by atoms with E-state index < -0.39 is 0 Å². The lowest BCUT2D eigenvalue weighted by atomic mass is 10.2. The number of hydrogen-bond donors (Lipinski definition) is 2. The van der Waals surface area contributed by atoms with Crippen LogP contribution in [0.5, 0.6) is 5.75 Å². The monoisotopic (exact) mass is 274 g/mol.